The van der Waals surface area contributed by atoms with Crippen LogP contribution in [-0.4, -0.2) is 34.3 Å². The van der Waals surface area contributed by atoms with E-state index in [9.17, 15) is 4.79 Å². The van der Waals surface area contributed by atoms with Gasteiger partial charge in [-0.25, -0.2) is 0 Å². The monoisotopic (exact) mass is 258 g/mol. The van der Waals surface area contributed by atoms with Crippen LogP contribution in [-0.2, 0) is 6.42 Å². The number of rotatable bonds is 4. The normalized spacial score (nSPS) is 29.9. The van der Waals surface area contributed by atoms with Gasteiger partial charge in [-0.15, -0.1) is 0 Å². The second kappa shape index (κ2) is 4.71. The minimum Gasteiger partial charge on any atom is -0.292 e. The van der Waals surface area contributed by atoms with Crippen molar-refractivity contribution in [2.24, 2.45) is 5.92 Å². The summed E-state index contributed by atoms with van der Waals surface area (Å²) in [5.41, 5.74) is 1.64. The van der Waals surface area contributed by atoms with Gasteiger partial charge in [0.25, 0.3) is 0 Å². The molecule has 0 amide bonds. The number of ketones is 1. The second-order valence-electron chi connectivity index (χ2n) is 5.90. The molecule has 3 nitrogen and oxygen atoms in total. The lowest BCUT2D eigenvalue weighted by atomic mass is 9.60. The molecule has 102 valence electrons. The van der Waals surface area contributed by atoms with E-state index in [-0.39, 0.29) is 5.54 Å². The van der Waals surface area contributed by atoms with Crippen LogP contribution in [0.2, 0.25) is 0 Å². The molecule has 1 aliphatic carbocycles. The maximum atomic E-state index is 12.8. The quantitative estimate of drug-likeness (QED) is 0.779. The molecule has 1 saturated carbocycles. The number of pyridine rings is 1. The molecule has 0 atom stereocenters. The van der Waals surface area contributed by atoms with Crippen LogP contribution in [0.1, 0.15) is 49.2 Å². The fourth-order valence-corrected chi connectivity index (χ4v) is 3.74. The van der Waals surface area contributed by atoms with Gasteiger partial charge in [-0.05, 0) is 56.8 Å². The highest BCUT2D eigenvalue weighted by Gasteiger charge is 2.56. The molecule has 0 spiro atoms. The Kier molecular flexibility index (Phi) is 3.17. The Bertz CT molecular complexity index is 474. The van der Waals surface area contributed by atoms with Gasteiger partial charge in [0.2, 0.25) is 0 Å². The van der Waals surface area contributed by atoms with E-state index in [0.29, 0.717) is 5.78 Å². The summed E-state index contributed by atoms with van der Waals surface area (Å²) in [6, 6.07) is 3.94. The van der Waals surface area contributed by atoms with Crippen molar-refractivity contribution >= 4 is 5.78 Å². The van der Waals surface area contributed by atoms with Gasteiger partial charge in [0, 0.05) is 17.5 Å². The molecule has 2 saturated heterocycles. The third-order valence-corrected chi connectivity index (χ3v) is 4.92. The zero-order valence-electron chi connectivity index (χ0n) is 11.9. The maximum absolute atomic E-state index is 12.8. The van der Waals surface area contributed by atoms with E-state index in [4.69, 9.17) is 0 Å². The highest BCUT2D eigenvalue weighted by molar-refractivity contribution is 6.04. The number of Topliss-reactive ketones (excluding diaryl/α,β-unsaturated/α-hetero) is 1. The Balaban J connectivity index is 1.86. The Morgan fingerprint density at radius 1 is 1.42 bits per heavy atom. The van der Waals surface area contributed by atoms with Crippen molar-refractivity contribution in [3.05, 3.63) is 29.6 Å². The summed E-state index contributed by atoms with van der Waals surface area (Å²) in [7, 11) is 0. The second-order valence-corrected chi connectivity index (χ2v) is 5.90. The highest BCUT2D eigenvalue weighted by Crippen LogP contribution is 2.50. The van der Waals surface area contributed by atoms with E-state index in [1.807, 2.05) is 12.1 Å². The van der Waals surface area contributed by atoms with Crippen molar-refractivity contribution in [1.82, 2.24) is 9.88 Å². The van der Waals surface area contributed by atoms with Crippen LogP contribution in [0.3, 0.4) is 0 Å². The molecule has 3 heteroatoms. The summed E-state index contributed by atoms with van der Waals surface area (Å²) in [5.74, 6) is 1.06. The Morgan fingerprint density at radius 2 is 2.21 bits per heavy atom. The molecular weight excluding hydrogens is 236 g/mol. The Hall–Kier alpha value is -1.22. The number of likely N-dealkylation sites (N-methyl/N-ethyl adjacent to an activating group) is 1. The molecule has 3 aliphatic rings. The number of carbonyl (C=O) groups is 1. The van der Waals surface area contributed by atoms with E-state index < -0.39 is 0 Å². The van der Waals surface area contributed by atoms with Crippen LogP contribution in [0.5, 0.6) is 0 Å². The molecule has 2 aliphatic heterocycles. The molecule has 0 unspecified atom stereocenters. The Labute approximate surface area is 115 Å². The molecule has 2 bridgehead atoms. The van der Waals surface area contributed by atoms with Crippen LogP contribution in [0.15, 0.2) is 18.3 Å². The van der Waals surface area contributed by atoms with E-state index in [1.54, 1.807) is 6.20 Å². The van der Waals surface area contributed by atoms with Gasteiger partial charge in [-0.3, -0.25) is 14.7 Å². The van der Waals surface area contributed by atoms with Crippen LogP contribution >= 0.6 is 0 Å². The minimum absolute atomic E-state index is 0.201. The summed E-state index contributed by atoms with van der Waals surface area (Å²) < 4.78 is 0. The first kappa shape index (κ1) is 12.8. The van der Waals surface area contributed by atoms with E-state index in [1.165, 1.54) is 6.42 Å². The lowest BCUT2D eigenvalue weighted by Crippen LogP contribution is -2.66. The van der Waals surface area contributed by atoms with Crippen LogP contribution in [0, 0.1) is 5.92 Å². The van der Waals surface area contributed by atoms with Crippen molar-refractivity contribution in [2.45, 2.75) is 45.1 Å². The number of aryl methyl sites for hydroxylation is 1. The SMILES string of the molecule is CCc1ccc(C(=O)C23CC(CCN2CC)C3)cn1. The van der Waals surface area contributed by atoms with Gasteiger partial charge < -0.3 is 0 Å². The maximum Gasteiger partial charge on any atom is 0.184 e. The molecule has 1 aromatic heterocycles. The number of piperidine rings is 2. The number of aromatic nitrogens is 1. The lowest BCUT2D eigenvalue weighted by Gasteiger charge is -2.58. The highest BCUT2D eigenvalue weighted by atomic mass is 16.1. The first-order valence-corrected chi connectivity index (χ1v) is 7.44. The third-order valence-electron chi connectivity index (χ3n) is 4.92. The predicted molar refractivity (Wildman–Crippen MR) is 75.3 cm³/mol. The zero-order chi connectivity index (χ0) is 13.5. The molecule has 0 aromatic carbocycles. The van der Waals surface area contributed by atoms with Gasteiger partial charge >= 0.3 is 0 Å². The molecule has 1 aromatic rings. The van der Waals surface area contributed by atoms with Gasteiger partial charge in [0.05, 0.1) is 5.54 Å². The zero-order valence-corrected chi connectivity index (χ0v) is 11.9. The molecule has 3 heterocycles. The standard InChI is InChI=1S/C16H22N2O/c1-3-14-6-5-13(11-17-14)15(19)16-9-12(10-16)7-8-18(16)4-2/h5-6,11-12H,3-4,7-10H2,1-2H3. The summed E-state index contributed by atoms with van der Waals surface area (Å²) in [6.07, 6.45) is 6.05. The summed E-state index contributed by atoms with van der Waals surface area (Å²) in [4.78, 5) is 19.6. The van der Waals surface area contributed by atoms with Crippen LogP contribution in [0.4, 0.5) is 0 Å². The van der Waals surface area contributed by atoms with Crippen molar-refractivity contribution in [2.75, 3.05) is 13.1 Å². The largest absolute Gasteiger partial charge is 0.292 e. The molecule has 3 fully saturated rings. The molecule has 0 radical (unpaired) electrons. The number of hydrogen-bond donors (Lipinski definition) is 0. The summed E-state index contributed by atoms with van der Waals surface area (Å²) >= 11 is 0. The molecule has 19 heavy (non-hydrogen) atoms. The first-order valence-electron chi connectivity index (χ1n) is 7.44. The number of fused-ring (bicyclic) bond motifs is 2. The van der Waals surface area contributed by atoms with Crippen LogP contribution in [0.25, 0.3) is 0 Å². The third kappa shape index (κ3) is 1.91. The fourth-order valence-electron chi connectivity index (χ4n) is 3.74. The molecule has 4 rings (SSSR count). The fraction of sp³-hybridized carbons (Fsp3) is 0.625. The van der Waals surface area contributed by atoms with Crippen LogP contribution < -0.4 is 0 Å². The molecule has 0 N–H and O–H groups in total. The van der Waals surface area contributed by atoms with E-state index in [2.05, 4.69) is 23.7 Å². The van der Waals surface area contributed by atoms with Gasteiger partial charge in [-0.2, -0.15) is 0 Å². The first-order chi connectivity index (χ1) is 9.19. The number of carbonyl (C=O) groups excluding carboxylic acids is 1. The smallest absolute Gasteiger partial charge is 0.184 e. The summed E-state index contributed by atoms with van der Waals surface area (Å²) in [5, 5.41) is 0. The predicted octanol–water partition coefficient (Wildman–Crippen LogP) is 2.70. The summed E-state index contributed by atoms with van der Waals surface area (Å²) in [6.45, 7) is 6.29. The number of hydrogen-bond acceptors (Lipinski definition) is 3. The van der Waals surface area contributed by atoms with Crippen molar-refractivity contribution in [1.29, 1.82) is 0 Å². The van der Waals surface area contributed by atoms with E-state index in [0.717, 1.165) is 49.5 Å². The van der Waals surface area contributed by atoms with Crippen molar-refractivity contribution in [3.63, 3.8) is 0 Å². The van der Waals surface area contributed by atoms with E-state index >= 15 is 0 Å². The van der Waals surface area contributed by atoms with Crippen molar-refractivity contribution in [3.8, 4) is 0 Å². The van der Waals surface area contributed by atoms with Gasteiger partial charge in [0.15, 0.2) is 5.78 Å². The average molecular weight is 258 g/mol. The average Bonchev–Trinajstić information content (AvgIpc) is 2.45. The Morgan fingerprint density at radius 3 is 2.79 bits per heavy atom. The lowest BCUT2D eigenvalue weighted by molar-refractivity contribution is -0.0508. The van der Waals surface area contributed by atoms with Gasteiger partial charge in [-0.1, -0.05) is 13.8 Å². The topological polar surface area (TPSA) is 33.2 Å². The molecular formula is C16H22N2O. The van der Waals surface area contributed by atoms with Crippen molar-refractivity contribution < 1.29 is 4.79 Å². The minimum atomic E-state index is -0.201. The number of nitrogens with zero attached hydrogens (tertiary/aromatic N) is 2. The van der Waals surface area contributed by atoms with Gasteiger partial charge in [0.1, 0.15) is 0 Å².